The number of amides is 2. The van der Waals surface area contributed by atoms with E-state index in [0.29, 0.717) is 17.7 Å². The number of hydrogen-bond donors (Lipinski definition) is 1. The minimum atomic E-state index is -0.397. The lowest BCUT2D eigenvalue weighted by Gasteiger charge is -2.32. The Morgan fingerprint density at radius 3 is 2.05 bits per heavy atom. The van der Waals surface area contributed by atoms with Crippen molar-refractivity contribution in [3.8, 4) is 0 Å². The van der Waals surface area contributed by atoms with Crippen molar-refractivity contribution in [2.45, 2.75) is 32.7 Å². The van der Waals surface area contributed by atoms with Crippen LogP contribution in [0.1, 0.15) is 45.2 Å². The highest BCUT2D eigenvalue weighted by Crippen LogP contribution is 2.35. The van der Waals surface area contributed by atoms with Gasteiger partial charge in [0.15, 0.2) is 0 Å². The van der Waals surface area contributed by atoms with E-state index in [2.05, 4.69) is 5.32 Å². The summed E-state index contributed by atoms with van der Waals surface area (Å²) in [5.41, 5.74) is 2.56. The van der Waals surface area contributed by atoms with E-state index < -0.39 is 5.54 Å². The van der Waals surface area contributed by atoms with E-state index in [9.17, 15) is 9.59 Å². The summed E-state index contributed by atoms with van der Waals surface area (Å²) in [7, 11) is 0. The van der Waals surface area contributed by atoms with E-state index in [-0.39, 0.29) is 11.8 Å². The number of imide groups is 1. The summed E-state index contributed by atoms with van der Waals surface area (Å²) in [5.74, 6) is -0.264. The van der Waals surface area contributed by atoms with Crippen molar-refractivity contribution >= 4 is 11.8 Å². The number of benzene rings is 1. The average Bonchev–Trinajstić information content (AvgIpc) is 2.88. The first-order valence-electron chi connectivity index (χ1n) is 6.65. The average molecular weight is 258 g/mol. The topological polar surface area (TPSA) is 49.4 Å². The molecular formula is C15H18N2O2. The van der Waals surface area contributed by atoms with Crippen LogP contribution in [0.5, 0.6) is 0 Å². The SMILES string of the molecule is Cc1ccc(C)c2c1C(=O)N(C1(C)CCNC1)C2=O. The summed E-state index contributed by atoms with van der Waals surface area (Å²) in [6, 6.07) is 3.83. The van der Waals surface area contributed by atoms with E-state index >= 15 is 0 Å². The lowest BCUT2D eigenvalue weighted by Crippen LogP contribution is -2.51. The largest absolute Gasteiger partial charge is 0.314 e. The second-order valence-electron chi connectivity index (χ2n) is 5.82. The molecule has 19 heavy (non-hydrogen) atoms. The molecule has 4 heteroatoms. The predicted octanol–water partition coefficient (Wildman–Crippen LogP) is 1.65. The van der Waals surface area contributed by atoms with Crippen molar-refractivity contribution < 1.29 is 9.59 Å². The highest BCUT2D eigenvalue weighted by molar-refractivity contribution is 6.23. The second kappa shape index (κ2) is 3.90. The number of carbonyl (C=O) groups excluding carboxylic acids is 2. The van der Waals surface area contributed by atoms with Crippen molar-refractivity contribution in [1.29, 1.82) is 0 Å². The Morgan fingerprint density at radius 1 is 1.11 bits per heavy atom. The van der Waals surface area contributed by atoms with Gasteiger partial charge in [0.2, 0.25) is 0 Å². The number of nitrogens with one attached hydrogen (secondary N) is 1. The number of rotatable bonds is 1. The molecule has 1 fully saturated rings. The lowest BCUT2D eigenvalue weighted by atomic mass is 9.99. The molecule has 1 aromatic carbocycles. The standard InChI is InChI=1S/C15H18N2O2/c1-9-4-5-10(2)12-11(9)13(18)17(14(12)19)15(3)6-7-16-8-15/h4-5,16H,6-8H2,1-3H3. The summed E-state index contributed by atoms with van der Waals surface area (Å²) in [4.78, 5) is 26.8. The molecule has 0 aliphatic carbocycles. The van der Waals surface area contributed by atoms with Gasteiger partial charge < -0.3 is 5.32 Å². The van der Waals surface area contributed by atoms with Crippen LogP contribution >= 0.6 is 0 Å². The number of fused-ring (bicyclic) bond motifs is 1. The lowest BCUT2D eigenvalue weighted by molar-refractivity contribution is 0.0482. The Labute approximate surface area is 112 Å². The summed E-state index contributed by atoms with van der Waals surface area (Å²) in [5, 5.41) is 3.24. The number of hydrogen-bond acceptors (Lipinski definition) is 3. The Morgan fingerprint density at radius 2 is 1.63 bits per heavy atom. The van der Waals surface area contributed by atoms with Crippen molar-refractivity contribution in [1.82, 2.24) is 10.2 Å². The molecule has 2 amide bonds. The third-order valence-electron chi connectivity index (χ3n) is 4.34. The minimum absolute atomic E-state index is 0.132. The molecule has 0 bridgehead atoms. The first-order chi connectivity index (χ1) is 8.96. The molecule has 2 heterocycles. The molecule has 1 atom stereocenters. The van der Waals surface area contributed by atoms with Gasteiger partial charge >= 0.3 is 0 Å². The van der Waals surface area contributed by atoms with Crippen LogP contribution in [0.25, 0.3) is 0 Å². The van der Waals surface area contributed by atoms with E-state index in [1.54, 1.807) is 0 Å². The molecule has 1 N–H and O–H groups in total. The minimum Gasteiger partial charge on any atom is -0.314 e. The molecule has 2 aliphatic rings. The van der Waals surface area contributed by atoms with Crippen LogP contribution in [-0.4, -0.2) is 35.3 Å². The third kappa shape index (κ3) is 1.56. The highest BCUT2D eigenvalue weighted by Gasteiger charge is 2.48. The van der Waals surface area contributed by atoms with Gasteiger partial charge in [-0.2, -0.15) is 0 Å². The van der Waals surface area contributed by atoms with E-state index in [4.69, 9.17) is 0 Å². The first kappa shape index (κ1) is 12.4. The second-order valence-corrected chi connectivity index (χ2v) is 5.82. The van der Waals surface area contributed by atoms with Gasteiger partial charge in [0.25, 0.3) is 11.8 Å². The smallest absolute Gasteiger partial charge is 0.262 e. The van der Waals surface area contributed by atoms with Gasteiger partial charge in [-0.25, -0.2) is 0 Å². The van der Waals surface area contributed by atoms with Crippen LogP contribution in [-0.2, 0) is 0 Å². The molecule has 4 nitrogen and oxygen atoms in total. The van der Waals surface area contributed by atoms with Crippen LogP contribution in [0.15, 0.2) is 12.1 Å². The van der Waals surface area contributed by atoms with E-state index in [1.165, 1.54) is 4.90 Å². The zero-order chi connectivity index (χ0) is 13.8. The number of nitrogens with zero attached hydrogens (tertiary/aromatic N) is 1. The number of carbonyl (C=O) groups is 2. The maximum Gasteiger partial charge on any atom is 0.262 e. The molecule has 1 unspecified atom stereocenters. The molecule has 100 valence electrons. The van der Waals surface area contributed by atoms with Crippen molar-refractivity contribution in [2.75, 3.05) is 13.1 Å². The summed E-state index contributed by atoms with van der Waals surface area (Å²) >= 11 is 0. The third-order valence-corrected chi connectivity index (χ3v) is 4.34. The Hall–Kier alpha value is -1.68. The molecule has 3 rings (SSSR count). The molecular weight excluding hydrogens is 240 g/mol. The van der Waals surface area contributed by atoms with Crippen LogP contribution in [0.2, 0.25) is 0 Å². The van der Waals surface area contributed by atoms with Crippen LogP contribution < -0.4 is 5.32 Å². The Kier molecular flexibility index (Phi) is 2.54. The Balaban J connectivity index is 2.15. The summed E-state index contributed by atoms with van der Waals surface area (Å²) < 4.78 is 0. The number of aryl methyl sites for hydroxylation is 2. The van der Waals surface area contributed by atoms with E-state index in [0.717, 1.165) is 24.1 Å². The molecule has 2 aliphatic heterocycles. The fraction of sp³-hybridized carbons (Fsp3) is 0.467. The molecule has 1 saturated heterocycles. The highest BCUT2D eigenvalue weighted by atomic mass is 16.2. The first-order valence-corrected chi connectivity index (χ1v) is 6.65. The van der Waals surface area contributed by atoms with Crippen molar-refractivity contribution in [2.24, 2.45) is 0 Å². The van der Waals surface area contributed by atoms with Gasteiger partial charge in [0.05, 0.1) is 16.7 Å². The molecule has 0 saturated carbocycles. The van der Waals surface area contributed by atoms with Gasteiger partial charge in [-0.1, -0.05) is 12.1 Å². The normalized spacial score (nSPS) is 26.2. The fourth-order valence-electron chi connectivity index (χ4n) is 3.16. The van der Waals surface area contributed by atoms with Gasteiger partial charge in [-0.15, -0.1) is 0 Å². The molecule has 0 spiro atoms. The van der Waals surface area contributed by atoms with Crippen molar-refractivity contribution in [3.63, 3.8) is 0 Å². The predicted molar refractivity (Wildman–Crippen MR) is 72.3 cm³/mol. The van der Waals surface area contributed by atoms with Crippen LogP contribution in [0.4, 0.5) is 0 Å². The van der Waals surface area contributed by atoms with E-state index in [1.807, 2.05) is 32.9 Å². The molecule has 0 aromatic heterocycles. The summed E-state index contributed by atoms with van der Waals surface area (Å²) in [6.07, 6.45) is 0.816. The van der Waals surface area contributed by atoms with Gasteiger partial charge in [0.1, 0.15) is 0 Å². The van der Waals surface area contributed by atoms with Crippen LogP contribution in [0.3, 0.4) is 0 Å². The Bertz CT molecular complexity index is 545. The monoisotopic (exact) mass is 258 g/mol. The van der Waals surface area contributed by atoms with Crippen molar-refractivity contribution in [3.05, 3.63) is 34.4 Å². The quantitative estimate of drug-likeness (QED) is 0.779. The van der Waals surface area contributed by atoms with Gasteiger partial charge in [-0.3, -0.25) is 14.5 Å². The van der Waals surface area contributed by atoms with Gasteiger partial charge in [0, 0.05) is 6.54 Å². The van der Waals surface area contributed by atoms with Gasteiger partial charge in [-0.05, 0) is 44.9 Å². The zero-order valence-corrected chi connectivity index (χ0v) is 11.5. The molecule has 0 radical (unpaired) electrons. The fourth-order valence-corrected chi connectivity index (χ4v) is 3.16. The van der Waals surface area contributed by atoms with Crippen LogP contribution in [0, 0.1) is 13.8 Å². The maximum atomic E-state index is 12.6. The zero-order valence-electron chi connectivity index (χ0n) is 11.5. The maximum absolute atomic E-state index is 12.6. The summed E-state index contributed by atoms with van der Waals surface area (Å²) in [6.45, 7) is 7.29. The molecule has 1 aromatic rings.